The smallest absolute Gasteiger partial charge is 0.349 e. The highest BCUT2D eigenvalue weighted by Crippen LogP contribution is 2.38. The van der Waals surface area contributed by atoms with E-state index >= 15 is 0 Å². The summed E-state index contributed by atoms with van der Waals surface area (Å²) in [5.41, 5.74) is 2.34. The second-order valence-electron chi connectivity index (χ2n) is 6.34. The van der Waals surface area contributed by atoms with Crippen LogP contribution in [0.15, 0.2) is 52.7 Å². The summed E-state index contributed by atoms with van der Waals surface area (Å²) >= 11 is 1.02. The zero-order valence-electron chi connectivity index (χ0n) is 16.9. The molecular formula is C21H21NO6S2. The Labute approximate surface area is 179 Å². The van der Waals surface area contributed by atoms with Gasteiger partial charge in [-0.2, -0.15) is 0 Å². The number of hydrogen-bond acceptors (Lipinski definition) is 7. The van der Waals surface area contributed by atoms with Gasteiger partial charge in [0.05, 0.1) is 27.0 Å². The molecule has 158 valence electrons. The van der Waals surface area contributed by atoms with E-state index in [1.807, 2.05) is 31.2 Å². The van der Waals surface area contributed by atoms with E-state index in [1.165, 1.54) is 27.4 Å². The Bertz CT molecular complexity index is 1170. The second kappa shape index (κ2) is 8.76. The van der Waals surface area contributed by atoms with Gasteiger partial charge in [0.1, 0.15) is 21.3 Å². The topological polar surface area (TPSA) is 90.9 Å². The highest BCUT2D eigenvalue weighted by Gasteiger charge is 2.30. The van der Waals surface area contributed by atoms with Crippen molar-refractivity contribution in [2.24, 2.45) is 0 Å². The van der Waals surface area contributed by atoms with Crippen LogP contribution in [0.2, 0.25) is 0 Å². The van der Waals surface area contributed by atoms with E-state index in [-0.39, 0.29) is 21.2 Å². The number of methoxy groups -OCH3 is 3. The molecule has 0 amide bonds. The third kappa shape index (κ3) is 4.27. The molecule has 1 aromatic heterocycles. The van der Waals surface area contributed by atoms with Crippen molar-refractivity contribution in [3.8, 4) is 22.6 Å². The van der Waals surface area contributed by atoms with Crippen LogP contribution in [0, 0.1) is 6.92 Å². The zero-order chi connectivity index (χ0) is 21.9. The van der Waals surface area contributed by atoms with Crippen molar-refractivity contribution < 1.29 is 27.4 Å². The van der Waals surface area contributed by atoms with Gasteiger partial charge in [0.2, 0.25) is 0 Å². The lowest BCUT2D eigenvalue weighted by Gasteiger charge is -2.14. The van der Waals surface area contributed by atoms with Gasteiger partial charge in [0, 0.05) is 17.0 Å². The Morgan fingerprint density at radius 2 is 1.70 bits per heavy atom. The molecule has 0 saturated heterocycles. The molecule has 2 aromatic carbocycles. The van der Waals surface area contributed by atoms with Crippen LogP contribution in [0.4, 0.5) is 5.69 Å². The number of thiophene rings is 1. The molecule has 1 heterocycles. The van der Waals surface area contributed by atoms with Crippen molar-refractivity contribution in [3.63, 3.8) is 0 Å². The number of sulfonamides is 1. The first-order valence-electron chi connectivity index (χ1n) is 8.82. The predicted octanol–water partition coefficient (Wildman–Crippen LogP) is 4.33. The first-order valence-corrected chi connectivity index (χ1v) is 11.2. The summed E-state index contributed by atoms with van der Waals surface area (Å²) in [6.45, 7) is 1.94. The summed E-state index contributed by atoms with van der Waals surface area (Å²) in [7, 11) is -0.0200. The van der Waals surface area contributed by atoms with Crippen LogP contribution >= 0.6 is 11.3 Å². The number of esters is 1. The SMILES string of the molecule is COC(=O)c1scc(-c2ccc(C)cc2)c1S(=O)(=O)Nc1ccc(OC)cc1OC. The molecule has 0 spiro atoms. The Balaban J connectivity index is 2.14. The van der Waals surface area contributed by atoms with Crippen molar-refractivity contribution in [1.82, 2.24) is 0 Å². The van der Waals surface area contributed by atoms with Gasteiger partial charge < -0.3 is 14.2 Å². The molecule has 7 nitrogen and oxygen atoms in total. The number of carbonyl (C=O) groups excluding carboxylic acids is 1. The summed E-state index contributed by atoms with van der Waals surface area (Å²) < 4.78 is 44.5. The molecule has 9 heteroatoms. The normalized spacial score (nSPS) is 11.1. The molecule has 3 aromatic rings. The number of carbonyl (C=O) groups is 1. The van der Waals surface area contributed by atoms with Gasteiger partial charge in [-0.05, 0) is 24.6 Å². The molecule has 0 radical (unpaired) electrons. The molecular weight excluding hydrogens is 426 g/mol. The summed E-state index contributed by atoms with van der Waals surface area (Å²) in [5.74, 6) is 0.0750. The van der Waals surface area contributed by atoms with Gasteiger partial charge >= 0.3 is 5.97 Å². The number of hydrogen-bond donors (Lipinski definition) is 1. The molecule has 3 rings (SSSR count). The summed E-state index contributed by atoms with van der Waals surface area (Å²) in [6.07, 6.45) is 0. The molecule has 0 atom stereocenters. The van der Waals surface area contributed by atoms with E-state index in [1.54, 1.807) is 17.5 Å². The minimum atomic E-state index is -4.16. The van der Waals surface area contributed by atoms with Crippen LogP contribution in [0.25, 0.3) is 11.1 Å². The Morgan fingerprint density at radius 1 is 1.00 bits per heavy atom. The van der Waals surface area contributed by atoms with Gasteiger partial charge in [0.15, 0.2) is 0 Å². The lowest BCUT2D eigenvalue weighted by Crippen LogP contribution is -2.17. The van der Waals surface area contributed by atoms with Gasteiger partial charge in [0.25, 0.3) is 10.0 Å². The minimum absolute atomic E-state index is 0.00643. The van der Waals surface area contributed by atoms with Crippen LogP contribution in [0.1, 0.15) is 15.2 Å². The fraction of sp³-hybridized carbons (Fsp3) is 0.190. The van der Waals surface area contributed by atoms with E-state index in [9.17, 15) is 13.2 Å². The predicted molar refractivity (Wildman–Crippen MR) is 116 cm³/mol. The highest BCUT2D eigenvalue weighted by atomic mass is 32.2. The third-order valence-electron chi connectivity index (χ3n) is 4.40. The van der Waals surface area contributed by atoms with Crippen molar-refractivity contribution in [2.75, 3.05) is 26.1 Å². The van der Waals surface area contributed by atoms with Crippen LogP contribution in [0.5, 0.6) is 11.5 Å². The average molecular weight is 448 g/mol. The van der Waals surface area contributed by atoms with Gasteiger partial charge in [-0.1, -0.05) is 29.8 Å². The molecule has 0 fully saturated rings. The van der Waals surface area contributed by atoms with Crippen LogP contribution in [-0.4, -0.2) is 35.7 Å². The lowest BCUT2D eigenvalue weighted by atomic mass is 10.1. The molecule has 30 heavy (non-hydrogen) atoms. The van der Waals surface area contributed by atoms with Crippen molar-refractivity contribution >= 4 is 33.0 Å². The number of nitrogens with one attached hydrogen (secondary N) is 1. The fourth-order valence-corrected chi connectivity index (χ4v) is 5.65. The number of aryl methyl sites for hydroxylation is 1. The lowest BCUT2D eigenvalue weighted by molar-refractivity contribution is 0.0602. The van der Waals surface area contributed by atoms with Crippen LogP contribution in [-0.2, 0) is 14.8 Å². The molecule has 0 saturated carbocycles. The maximum atomic E-state index is 13.4. The van der Waals surface area contributed by atoms with Gasteiger partial charge in [-0.15, -0.1) is 11.3 Å². The summed E-state index contributed by atoms with van der Waals surface area (Å²) in [5, 5.41) is 1.64. The van der Waals surface area contributed by atoms with Crippen LogP contribution in [0.3, 0.4) is 0 Å². The van der Waals surface area contributed by atoms with Crippen molar-refractivity contribution in [2.45, 2.75) is 11.8 Å². The fourth-order valence-electron chi connectivity index (χ4n) is 2.86. The number of benzene rings is 2. The molecule has 0 aliphatic carbocycles. The molecule has 1 N–H and O–H groups in total. The zero-order valence-corrected chi connectivity index (χ0v) is 18.5. The van der Waals surface area contributed by atoms with E-state index in [0.29, 0.717) is 16.9 Å². The molecule has 0 unspecified atom stereocenters. The van der Waals surface area contributed by atoms with E-state index in [4.69, 9.17) is 14.2 Å². The van der Waals surface area contributed by atoms with Gasteiger partial charge in [-0.25, -0.2) is 13.2 Å². The quantitative estimate of drug-likeness (QED) is 0.542. The molecule has 0 aliphatic rings. The minimum Gasteiger partial charge on any atom is -0.497 e. The van der Waals surface area contributed by atoms with Crippen LogP contribution < -0.4 is 14.2 Å². The average Bonchev–Trinajstić information content (AvgIpc) is 3.20. The molecule has 0 bridgehead atoms. The monoisotopic (exact) mass is 447 g/mol. The van der Waals surface area contributed by atoms with Gasteiger partial charge in [-0.3, -0.25) is 4.72 Å². The maximum absolute atomic E-state index is 13.4. The largest absolute Gasteiger partial charge is 0.497 e. The van der Waals surface area contributed by atoms with Crippen molar-refractivity contribution in [3.05, 3.63) is 58.3 Å². The highest BCUT2D eigenvalue weighted by molar-refractivity contribution is 7.93. The number of rotatable bonds is 7. The summed E-state index contributed by atoms with van der Waals surface area (Å²) in [6, 6.07) is 12.1. The van der Waals surface area contributed by atoms with Crippen molar-refractivity contribution in [1.29, 1.82) is 0 Å². The van der Waals surface area contributed by atoms with E-state index in [2.05, 4.69) is 4.72 Å². The number of anilines is 1. The Morgan fingerprint density at radius 3 is 2.30 bits per heavy atom. The second-order valence-corrected chi connectivity index (χ2v) is 8.84. The standard InChI is InChI=1S/C21H21NO6S2/c1-13-5-7-14(8-6-13)16-12-29-19(21(23)28-4)20(16)30(24,25)22-17-10-9-15(26-2)11-18(17)27-3/h5-12,22H,1-4H3. The first-order chi connectivity index (χ1) is 14.3. The third-order valence-corrected chi connectivity index (χ3v) is 6.94. The Kier molecular flexibility index (Phi) is 6.33. The maximum Gasteiger partial charge on any atom is 0.349 e. The summed E-state index contributed by atoms with van der Waals surface area (Å²) in [4.78, 5) is 12.1. The number of ether oxygens (including phenoxy) is 3. The Hall–Kier alpha value is -3.04. The van der Waals surface area contributed by atoms with E-state index < -0.39 is 16.0 Å². The first kappa shape index (κ1) is 21.7. The molecule has 0 aliphatic heterocycles. The van der Waals surface area contributed by atoms with E-state index in [0.717, 1.165) is 16.9 Å².